The normalized spacial score (nSPS) is 20.5. The number of carbonyl (C=O) groups excluding carboxylic acids is 1. The number of fused-ring (bicyclic) bond motifs is 1. The SMILES string of the molecule is Cc1cc(C)c2c(C(=O)NC[C@H]3CNC[C@@H]3CO)cc(C)nc2c1. The predicted molar refractivity (Wildman–Crippen MR) is 95.2 cm³/mol. The number of carbonyl (C=O) groups is 1. The fourth-order valence-electron chi connectivity index (χ4n) is 3.63. The van der Waals surface area contributed by atoms with E-state index in [1.165, 1.54) is 0 Å². The number of aromatic nitrogens is 1. The first-order valence-electron chi connectivity index (χ1n) is 8.48. The maximum atomic E-state index is 12.8. The summed E-state index contributed by atoms with van der Waals surface area (Å²) in [5.41, 5.74) is 4.61. The van der Waals surface area contributed by atoms with Crippen LogP contribution in [-0.4, -0.2) is 42.2 Å². The van der Waals surface area contributed by atoms with Gasteiger partial charge in [-0.05, 0) is 49.9 Å². The van der Waals surface area contributed by atoms with Gasteiger partial charge < -0.3 is 15.7 Å². The van der Waals surface area contributed by atoms with Gasteiger partial charge in [0, 0.05) is 43.2 Å². The number of nitrogens with one attached hydrogen (secondary N) is 2. The molecule has 1 aliphatic rings. The third kappa shape index (κ3) is 3.28. The van der Waals surface area contributed by atoms with Crippen LogP contribution in [0.2, 0.25) is 0 Å². The molecule has 3 N–H and O–H groups in total. The van der Waals surface area contributed by atoms with Gasteiger partial charge in [0.05, 0.1) is 11.1 Å². The van der Waals surface area contributed by atoms with E-state index in [0.717, 1.165) is 40.8 Å². The Morgan fingerprint density at radius 3 is 2.75 bits per heavy atom. The van der Waals surface area contributed by atoms with E-state index in [0.29, 0.717) is 12.1 Å². The lowest BCUT2D eigenvalue weighted by molar-refractivity contribution is 0.0942. The van der Waals surface area contributed by atoms with Crippen LogP contribution in [0.3, 0.4) is 0 Å². The van der Waals surface area contributed by atoms with Crippen LogP contribution in [0, 0.1) is 32.6 Å². The number of pyridine rings is 1. The smallest absolute Gasteiger partial charge is 0.252 e. The molecule has 5 heteroatoms. The molecule has 1 fully saturated rings. The van der Waals surface area contributed by atoms with Crippen LogP contribution in [0.1, 0.15) is 27.2 Å². The Kier molecular flexibility index (Phi) is 4.83. The molecule has 0 bridgehead atoms. The van der Waals surface area contributed by atoms with Gasteiger partial charge in [0.2, 0.25) is 0 Å². The number of amides is 1. The first kappa shape index (κ1) is 16.9. The predicted octanol–water partition coefficient (Wildman–Crippen LogP) is 1.72. The fraction of sp³-hybridized carbons (Fsp3) is 0.474. The lowest BCUT2D eigenvalue weighted by Gasteiger charge is -2.17. The lowest BCUT2D eigenvalue weighted by atomic mass is 9.96. The molecule has 24 heavy (non-hydrogen) atoms. The molecule has 0 unspecified atom stereocenters. The van der Waals surface area contributed by atoms with E-state index in [-0.39, 0.29) is 24.3 Å². The maximum absolute atomic E-state index is 12.8. The maximum Gasteiger partial charge on any atom is 0.252 e. The standard InChI is InChI=1S/C19H25N3O2/c1-11-4-12(2)18-16(6-13(3)22-17(18)5-11)19(24)21-9-14-7-20-8-15(14)10-23/h4-6,14-15,20,23H,7-10H2,1-3H3,(H,21,24)/t14-,15-/m1/s1. The Labute approximate surface area is 142 Å². The summed E-state index contributed by atoms with van der Waals surface area (Å²) in [7, 11) is 0. The molecule has 0 spiro atoms. The van der Waals surface area contributed by atoms with E-state index >= 15 is 0 Å². The highest BCUT2D eigenvalue weighted by molar-refractivity contribution is 6.07. The second-order valence-electron chi connectivity index (χ2n) is 6.86. The Bertz CT molecular complexity index is 768. The Morgan fingerprint density at radius 1 is 1.25 bits per heavy atom. The number of hydrogen-bond acceptors (Lipinski definition) is 4. The molecular formula is C19H25N3O2. The molecule has 0 saturated carbocycles. The van der Waals surface area contributed by atoms with Crippen LogP contribution in [0.25, 0.3) is 10.9 Å². The molecule has 2 aromatic rings. The van der Waals surface area contributed by atoms with Crippen LogP contribution in [-0.2, 0) is 0 Å². The number of hydrogen-bond donors (Lipinski definition) is 3. The zero-order valence-corrected chi connectivity index (χ0v) is 14.5. The Morgan fingerprint density at radius 2 is 2.00 bits per heavy atom. The molecule has 1 aromatic heterocycles. The lowest BCUT2D eigenvalue weighted by Crippen LogP contribution is -2.33. The van der Waals surface area contributed by atoms with Crippen molar-refractivity contribution in [2.24, 2.45) is 11.8 Å². The van der Waals surface area contributed by atoms with Gasteiger partial charge in [-0.2, -0.15) is 0 Å². The highest BCUT2D eigenvalue weighted by atomic mass is 16.3. The van der Waals surface area contributed by atoms with E-state index in [1.807, 2.05) is 32.9 Å². The summed E-state index contributed by atoms with van der Waals surface area (Å²) in [5, 5.41) is 16.6. The van der Waals surface area contributed by atoms with Gasteiger partial charge >= 0.3 is 0 Å². The van der Waals surface area contributed by atoms with Crippen LogP contribution in [0.4, 0.5) is 0 Å². The molecule has 1 aliphatic heterocycles. The minimum atomic E-state index is -0.0685. The van der Waals surface area contributed by atoms with Crippen molar-refractivity contribution < 1.29 is 9.90 Å². The average molecular weight is 327 g/mol. The van der Waals surface area contributed by atoms with Gasteiger partial charge in [0.1, 0.15) is 0 Å². The van der Waals surface area contributed by atoms with Crippen molar-refractivity contribution >= 4 is 16.8 Å². The summed E-state index contributed by atoms with van der Waals surface area (Å²) < 4.78 is 0. The van der Waals surface area contributed by atoms with Gasteiger partial charge in [-0.3, -0.25) is 9.78 Å². The molecule has 1 amide bonds. The Balaban J connectivity index is 1.87. The highest BCUT2D eigenvalue weighted by Gasteiger charge is 2.27. The van der Waals surface area contributed by atoms with Gasteiger partial charge in [-0.25, -0.2) is 0 Å². The number of aryl methyl sites for hydroxylation is 3. The summed E-state index contributed by atoms with van der Waals surface area (Å²) in [6.07, 6.45) is 0. The topological polar surface area (TPSA) is 74.2 Å². The fourth-order valence-corrected chi connectivity index (χ4v) is 3.63. The van der Waals surface area contributed by atoms with Crippen LogP contribution >= 0.6 is 0 Å². The number of nitrogens with zero attached hydrogens (tertiary/aromatic N) is 1. The van der Waals surface area contributed by atoms with Gasteiger partial charge in [-0.1, -0.05) is 6.07 Å². The van der Waals surface area contributed by atoms with Crippen molar-refractivity contribution in [3.8, 4) is 0 Å². The van der Waals surface area contributed by atoms with Gasteiger partial charge in [-0.15, -0.1) is 0 Å². The van der Waals surface area contributed by atoms with Crippen molar-refractivity contribution in [2.45, 2.75) is 20.8 Å². The zero-order chi connectivity index (χ0) is 17.3. The first-order valence-corrected chi connectivity index (χ1v) is 8.48. The molecule has 128 valence electrons. The molecule has 0 aliphatic carbocycles. The van der Waals surface area contributed by atoms with E-state index in [4.69, 9.17) is 0 Å². The number of aliphatic hydroxyl groups is 1. The van der Waals surface area contributed by atoms with Gasteiger partial charge in [0.25, 0.3) is 5.91 Å². The molecular weight excluding hydrogens is 302 g/mol. The molecule has 1 saturated heterocycles. The summed E-state index contributed by atoms with van der Waals surface area (Å²) in [6, 6.07) is 5.96. The minimum Gasteiger partial charge on any atom is -0.396 e. The third-order valence-electron chi connectivity index (χ3n) is 4.86. The van der Waals surface area contributed by atoms with E-state index < -0.39 is 0 Å². The van der Waals surface area contributed by atoms with E-state index in [2.05, 4.69) is 21.7 Å². The van der Waals surface area contributed by atoms with Crippen molar-refractivity contribution in [1.82, 2.24) is 15.6 Å². The molecule has 0 radical (unpaired) electrons. The largest absolute Gasteiger partial charge is 0.396 e. The summed E-state index contributed by atoms with van der Waals surface area (Å²) in [6.45, 7) is 8.35. The number of aliphatic hydroxyl groups excluding tert-OH is 1. The minimum absolute atomic E-state index is 0.0685. The zero-order valence-electron chi connectivity index (χ0n) is 14.5. The number of rotatable bonds is 4. The third-order valence-corrected chi connectivity index (χ3v) is 4.86. The summed E-state index contributed by atoms with van der Waals surface area (Å²) in [5.74, 6) is 0.420. The van der Waals surface area contributed by atoms with Crippen molar-refractivity contribution in [3.05, 3.63) is 40.6 Å². The first-order chi connectivity index (χ1) is 11.5. The van der Waals surface area contributed by atoms with Crippen LogP contribution in [0.5, 0.6) is 0 Å². The summed E-state index contributed by atoms with van der Waals surface area (Å²) >= 11 is 0. The Hall–Kier alpha value is -1.98. The average Bonchev–Trinajstić information content (AvgIpc) is 2.98. The quantitative estimate of drug-likeness (QED) is 0.799. The second kappa shape index (κ2) is 6.87. The highest BCUT2D eigenvalue weighted by Crippen LogP contribution is 2.24. The van der Waals surface area contributed by atoms with Gasteiger partial charge in [0.15, 0.2) is 0 Å². The second-order valence-corrected chi connectivity index (χ2v) is 6.86. The molecule has 1 aromatic carbocycles. The van der Waals surface area contributed by atoms with Crippen molar-refractivity contribution in [2.75, 3.05) is 26.2 Å². The summed E-state index contributed by atoms with van der Waals surface area (Å²) in [4.78, 5) is 17.4. The molecule has 3 rings (SSSR count). The molecule has 2 heterocycles. The van der Waals surface area contributed by atoms with E-state index in [1.54, 1.807) is 0 Å². The monoisotopic (exact) mass is 327 g/mol. The molecule has 2 atom stereocenters. The van der Waals surface area contributed by atoms with E-state index in [9.17, 15) is 9.90 Å². The number of benzene rings is 1. The molecule has 5 nitrogen and oxygen atoms in total. The van der Waals surface area contributed by atoms with Crippen molar-refractivity contribution in [1.29, 1.82) is 0 Å². The van der Waals surface area contributed by atoms with Crippen molar-refractivity contribution in [3.63, 3.8) is 0 Å². The van der Waals surface area contributed by atoms with Crippen LogP contribution < -0.4 is 10.6 Å². The van der Waals surface area contributed by atoms with Crippen LogP contribution in [0.15, 0.2) is 18.2 Å².